The molecule has 1 unspecified atom stereocenters. The Morgan fingerprint density at radius 3 is 2.65 bits per heavy atom. The molecule has 1 aliphatic rings. The van der Waals surface area contributed by atoms with Crippen LogP contribution in [0.4, 0.5) is 13.2 Å². The second-order valence-electron chi connectivity index (χ2n) is 3.92. The molecule has 98 valence electrons. The Labute approximate surface area is 102 Å². The summed E-state index contributed by atoms with van der Waals surface area (Å²) in [5.74, 6) is -0.421. The molecule has 1 saturated heterocycles. The maximum Gasteiger partial charge on any atom is 0.405 e. The summed E-state index contributed by atoms with van der Waals surface area (Å²) in [7, 11) is 0. The van der Waals surface area contributed by atoms with Crippen molar-refractivity contribution >= 4 is 24.4 Å². The van der Waals surface area contributed by atoms with Crippen molar-refractivity contribution in [3.63, 3.8) is 0 Å². The molecule has 0 aromatic rings. The summed E-state index contributed by atoms with van der Waals surface area (Å²) in [6.45, 7) is -1.31. The van der Waals surface area contributed by atoms with Crippen LogP contribution in [-0.2, 0) is 9.59 Å². The van der Waals surface area contributed by atoms with Crippen molar-refractivity contribution in [1.29, 1.82) is 0 Å². The van der Waals surface area contributed by atoms with Crippen LogP contribution in [0.15, 0.2) is 0 Å². The molecule has 0 aromatic carbocycles. The van der Waals surface area contributed by atoms with Crippen LogP contribution in [-0.4, -0.2) is 48.3 Å². The first-order chi connectivity index (χ1) is 7.81. The van der Waals surface area contributed by atoms with Gasteiger partial charge in [-0.25, -0.2) is 0 Å². The second-order valence-corrected chi connectivity index (χ2v) is 4.28. The fourth-order valence-corrected chi connectivity index (χ4v) is 1.80. The lowest BCUT2D eigenvalue weighted by Crippen LogP contribution is -2.41. The normalized spacial score (nSPS) is 20.8. The van der Waals surface area contributed by atoms with E-state index in [9.17, 15) is 22.8 Å². The molecule has 0 aliphatic carbocycles. The predicted octanol–water partition coefficient (Wildman–Crippen LogP) is 0.443. The summed E-state index contributed by atoms with van der Waals surface area (Å²) < 4.78 is 35.5. The van der Waals surface area contributed by atoms with Gasteiger partial charge in [0.15, 0.2) is 0 Å². The number of nitrogens with zero attached hydrogens (tertiary/aromatic N) is 1. The number of hydrogen-bond acceptors (Lipinski definition) is 3. The summed E-state index contributed by atoms with van der Waals surface area (Å²) in [6.07, 6.45) is -4.13. The zero-order valence-electron chi connectivity index (χ0n) is 8.96. The van der Waals surface area contributed by atoms with Gasteiger partial charge in [-0.2, -0.15) is 25.8 Å². The van der Waals surface area contributed by atoms with E-state index in [2.05, 4.69) is 12.6 Å². The minimum Gasteiger partial charge on any atom is -0.345 e. The lowest BCUT2D eigenvalue weighted by atomic mass is 10.1. The summed E-state index contributed by atoms with van der Waals surface area (Å²) in [4.78, 5) is 23.8. The third-order valence-corrected chi connectivity index (χ3v) is 2.89. The smallest absolute Gasteiger partial charge is 0.345 e. The lowest BCUT2D eigenvalue weighted by molar-refractivity contribution is -0.141. The first-order valence-electron chi connectivity index (χ1n) is 5.04. The summed E-state index contributed by atoms with van der Waals surface area (Å²) >= 11 is 4.04. The maximum absolute atomic E-state index is 11.8. The van der Waals surface area contributed by atoms with Gasteiger partial charge in [0.05, 0.1) is 6.54 Å². The highest BCUT2D eigenvalue weighted by molar-refractivity contribution is 7.80. The number of rotatable bonds is 4. The third-order valence-electron chi connectivity index (χ3n) is 2.37. The topological polar surface area (TPSA) is 49.4 Å². The second kappa shape index (κ2) is 5.61. The van der Waals surface area contributed by atoms with E-state index in [-0.39, 0.29) is 18.4 Å². The van der Waals surface area contributed by atoms with Gasteiger partial charge < -0.3 is 10.2 Å². The molecule has 0 saturated carbocycles. The van der Waals surface area contributed by atoms with E-state index in [0.29, 0.717) is 18.7 Å². The molecule has 1 atom stereocenters. The Kier molecular flexibility index (Phi) is 4.67. The van der Waals surface area contributed by atoms with Crippen LogP contribution in [0.1, 0.15) is 6.42 Å². The Bertz CT molecular complexity index is 309. The van der Waals surface area contributed by atoms with Crippen LogP contribution in [0.2, 0.25) is 0 Å². The molecule has 1 fully saturated rings. The molecule has 0 aromatic heterocycles. The SMILES string of the molecule is O=C(CN1CC(CS)CC1=O)NCC(F)(F)F. The number of amides is 2. The monoisotopic (exact) mass is 270 g/mol. The summed E-state index contributed by atoms with van der Waals surface area (Å²) in [6, 6.07) is 0. The van der Waals surface area contributed by atoms with Crippen LogP contribution >= 0.6 is 12.6 Å². The van der Waals surface area contributed by atoms with Gasteiger partial charge in [0, 0.05) is 13.0 Å². The highest BCUT2D eigenvalue weighted by atomic mass is 32.1. The number of likely N-dealkylation sites (tertiary alicyclic amines) is 1. The average molecular weight is 270 g/mol. The van der Waals surface area contributed by atoms with Gasteiger partial charge in [0.1, 0.15) is 6.54 Å². The van der Waals surface area contributed by atoms with Crippen LogP contribution in [0.3, 0.4) is 0 Å². The van der Waals surface area contributed by atoms with Crippen LogP contribution < -0.4 is 5.32 Å². The minimum atomic E-state index is -4.43. The zero-order chi connectivity index (χ0) is 13.1. The van der Waals surface area contributed by atoms with E-state index >= 15 is 0 Å². The van der Waals surface area contributed by atoms with E-state index < -0.39 is 18.6 Å². The number of halogens is 3. The molecule has 1 aliphatic heterocycles. The predicted molar refractivity (Wildman–Crippen MR) is 57.6 cm³/mol. The van der Waals surface area contributed by atoms with E-state index in [1.165, 1.54) is 4.90 Å². The molecule has 4 nitrogen and oxygen atoms in total. The van der Waals surface area contributed by atoms with Gasteiger partial charge in [0.2, 0.25) is 11.8 Å². The summed E-state index contributed by atoms with van der Waals surface area (Å²) in [5, 5.41) is 1.73. The fraction of sp³-hybridized carbons (Fsp3) is 0.778. The Balaban J connectivity index is 2.34. The van der Waals surface area contributed by atoms with Gasteiger partial charge in [-0.1, -0.05) is 0 Å². The molecule has 0 radical (unpaired) electrons. The highest BCUT2D eigenvalue weighted by Crippen LogP contribution is 2.18. The standard InChI is InChI=1S/C9H13F3N2O2S/c10-9(11,12)5-13-7(15)3-14-2-6(4-17)1-8(14)16/h6,17H,1-5H2,(H,13,15). The highest BCUT2D eigenvalue weighted by Gasteiger charge is 2.31. The summed E-state index contributed by atoms with van der Waals surface area (Å²) in [5.41, 5.74) is 0. The van der Waals surface area contributed by atoms with Crippen LogP contribution in [0, 0.1) is 5.92 Å². The lowest BCUT2D eigenvalue weighted by Gasteiger charge is -2.16. The molecule has 8 heteroatoms. The molecule has 2 amide bonds. The Hall–Kier alpha value is -0.920. The number of hydrogen-bond donors (Lipinski definition) is 2. The molecule has 0 spiro atoms. The third kappa shape index (κ3) is 4.84. The van der Waals surface area contributed by atoms with Crippen LogP contribution in [0.25, 0.3) is 0 Å². The van der Waals surface area contributed by atoms with Crippen molar-refractivity contribution in [1.82, 2.24) is 10.2 Å². The number of thiol groups is 1. The van der Waals surface area contributed by atoms with Crippen molar-refractivity contribution in [2.75, 3.05) is 25.4 Å². The molecule has 1 heterocycles. The number of alkyl halides is 3. The van der Waals surface area contributed by atoms with Gasteiger partial charge in [0.25, 0.3) is 0 Å². The maximum atomic E-state index is 11.8. The fourth-order valence-electron chi connectivity index (χ4n) is 1.56. The molecule has 17 heavy (non-hydrogen) atoms. The van der Waals surface area contributed by atoms with E-state index in [4.69, 9.17) is 0 Å². The van der Waals surface area contributed by atoms with Crippen LogP contribution in [0.5, 0.6) is 0 Å². The van der Waals surface area contributed by atoms with Gasteiger partial charge in [-0.15, -0.1) is 0 Å². The molecular weight excluding hydrogens is 257 g/mol. The number of nitrogens with one attached hydrogen (secondary N) is 1. The van der Waals surface area contributed by atoms with Crippen molar-refractivity contribution in [2.45, 2.75) is 12.6 Å². The quantitative estimate of drug-likeness (QED) is 0.728. The minimum absolute atomic E-state index is 0.0706. The molecule has 1 rings (SSSR count). The Morgan fingerprint density at radius 1 is 1.53 bits per heavy atom. The Morgan fingerprint density at radius 2 is 2.18 bits per heavy atom. The molecular formula is C9H13F3N2O2S. The average Bonchev–Trinajstić information content (AvgIpc) is 2.56. The van der Waals surface area contributed by atoms with Crippen molar-refractivity contribution < 1.29 is 22.8 Å². The van der Waals surface area contributed by atoms with E-state index in [1.807, 2.05) is 0 Å². The van der Waals surface area contributed by atoms with Crippen molar-refractivity contribution in [2.24, 2.45) is 5.92 Å². The number of carbonyl (C=O) groups is 2. The first kappa shape index (κ1) is 14.1. The molecule has 0 bridgehead atoms. The first-order valence-corrected chi connectivity index (χ1v) is 5.67. The van der Waals surface area contributed by atoms with Gasteiger partial charge >= 0.3 is 6.18 Å². The van der Waals surface area contributed by atoms with E-state index in [0.717, 1.165) is 0 Å². The van der Waals surface area contributed by atoms with Gasteiger partial charge in [-0.3, -0.25) is 9.59 Å². The molecule has 1 N–H and O–H groups in total. The van der Waals surface area contributed by atoms with E-state index in [1.54, 1.807) is 5.32 Å². The van der Waals surface area contributed by atoms with Gasteiger partial charge in [-0.05, 0) is 11.7 Å². The zero-order valence-corrected chi connectivity index (χ0v) is 9.85. The largest absolute Gasteiger partial charge is 0.405 e. The number of carbonyl (C=O) groups excluding carboxylic acids is 2. The van der Waals surface area contributed by atoms with Crippen molar-refractivity contribution in [3.05, 3.63) is 0 Å². The van der Waals surface area contributed by atoms with Crippen molar-refractivity contribution in [3.8, 4) is 0 Å².